The van der Waals surface area contributed by atoms with Crippen LogP contribution in [0.4, 0.5) is 0 Å². The number of halogens is 2. The van der Waals surface area contributed by atoms with Crippen molar-refractivity contribution in [3.05, 3.63) is 33.8 Å². The molecule has 0 spiro atoms. The normalized spacial score (nSPS) is 10.9. The quantitative estimate of drug-likeness (QED) is 0.907. The highest BCUT2D eigenvalue weighted by atomic mass is 35.5. The van der Waals surface area contributed by atoms with Crippen molar-refractivity contribution >= 4 is 46.2 Å². The molecule has 0 bridgehead atoms. The number of phenols is 1. The van der Waals surface area contributed by atoms with Crippen molar-refractivity contribution in [2.75, 3.05) is 5.75 Å². The van der Waals surface area contributed by atoms with Crippen LogP contribution in [0.25, 0.3) is 6.08 Å². The van der Waals surface area contributed by atoms with E-state index in [2.05, 4.69) is 0 Å². The van der Waals surface area contributed by atoms with Crippen LogP contribution in [0.3, 0.4) is 0 Å². The molecule has 0 atom stereocenters. The second-order valence-corrected chi connectivity index (χ2v) is 5.07. The van der Waals surface area contributed by atoms with Crippen LogP contribution >= 0.6 is 35.0 Å². The fraction of sp³-hybridized carbons (Fsp3) is 0.182. The minimum absolute atomic E-state index is 0.00450. The first-order valence-electron chi connectivity index (χ1n) is 4.48. The number of carbonyl (C=O) groups excluding carboxylic acids is 1. The average Bonchev–Trinajstić information content (AvgIpc) is 2.19. The molecule has 0 aromatic heterocycles. The van der Waals surface area contributed by atoms with Crippen LogP contribution in [0.1, 0.15) is 12.5 Å². The zero-order valence-corrected chi connectivity index (χ0v) is 10.9. The van der Waals surface area contributed by atoms with E-state index in [4.69, 9.17) is 23.2 Å². The molecular formula is C11H10Cl2O2S. The van der Waals surface area contributed by atoms with E-state index in [1.165, 1.54) is 24.8 Å². The van der Waals surface area contributed by atoms with E-state index in [0.29, 0.717) is 16.3 Å². The van der Waals surface area contributed by atoms with E-state index < -0.39 is 0 Å². The fourth-order valence-electron chi connectivity index (χ4n) is 1.05. The molecule has 1 N–H and O–H groups in total. The highest BCUT2D eigenvalue weighted by molar-refractivity contribution is 8.13. The molecule has 0 aliphatic carbocycles. The summed E-state index contributed by atoms with van der Waals surface area (Å²) in [6.07, 6.45) is 3.46. The molecule has 1 aromatic carbocycles. The summed E-state index contributed by atoms with van der Waals surface area (Å²) in [6.45, 7) is 1.51. The van der Waals surface area contributed by atoms with E-state index >= 15 is 0 Å². The zero-order valence-electron chi connectivity index (χ0n) is 8.54. The van der Waals surface area contributed by atoms with Crippen molar-refractivity contribution in [1.82, 2.24) is 0 Å². The third-order valence-electron chi connectivity index (χ3n) is 1.74. The van der Waals surface area contributed by atoms with Crippen molar-refractivity contribution in [1.29, 1.82) is 0 Å². The predicted molar refractivity (Wildman–Crippen MR) is 70.3 cm³/mol. The van der Waals surface area contributed by atoms with Crippen molar-refractivity contribution < 1.29 is 9.90 Å². The topological polar surface area (TPSA) is 37.3 Å². The standard InChI is InChI=1S/C11H10Cl2O2S/c1-7(14)16-4-2-3-8-5-9(12)6-10(13)11(8)15/h2-3,5-6,15H,4H2,1H3. The van der Waals surface area contributed by atoms with Crippen LogP contribution in [0.15, 0.2) is 18.2 Å². The van der Waals surface area contributed by atoms with Gasteiger partial charge in [0.05, 0.1) is 5.02 Å². The smallest absolute Gasteiger partial charge is 0.186 e. The van der Waals surface area contributed by atoms with Crippen LogP contribution in [0.2, 0.25) is 10.0 Å². The summed E-state index contributed by atoms with van der Waals surface area (Å²) in [5.41, 5.74) is 0.543. The Morgan fingerprint density at radius 3 is 2.81 bits per heavy atom. The summed E-state index contributed by atoms with van der Waals surface area (Å²) in [5.74, 6) is 0.550. The first-order valence-corrected chi connectivity index (χ1v) is 6.22. The summed E-state index contributed by atoms with van der Waals surface area (Å²) >= 11 is 12.7. The number of rotatable bonds is 3. The van der Waals surface area contributed by atoms with Gasteiger partial charge in [0.1, 0.15) is 5.75 Å². The lowest BCUT2D eigenvalue weighted by Gasteiger charge is -2.02. The molecule has 0 fully saturated rings. The SMILES string of the molecule is CC(=O)SCC=Cc1cc(Cl)cc(Cl)c1O. The molecule has 1 rings (SSSR count). The summed E-state index contributed by atoms with van der Waals surface area (Å²) in [4.78, 5) is 10.7. The van der Waals surface area contributed by atoms with Gasteiger partial charge in [0.15, 0.2) is 5.12 Å². The van der Waals surface area contributed by atoms with Crippen molar-refractivity contribution in [2.24, 2.45) is 0 Å². The molecule has 0 saturated carbocycles. The van der Waals surface area contributed by atoms with E-state index in [-0.39, 0.29) is 15.9 Å². The van der Waals surface area contributed by atoms with E-state index in [0.717, 1.165) is 0 Å². The van der Waals surface area contributed by atoms with Gasteiger partial charge in [0, 0.05) is 23.3 Å². The number of hydrogen-bond acceptors (Lipinski definition) is 3. The number of carbonyl (C=O) groups is 1. The molecule has 2 nitrogen and oxygen atoms in total. The third-order valence-corrected chi connectivity index (χ3v) is 3.01. The lowest BCUT2D eigenvalue weighted by Crippen LogP contribution is -1.82. The highest BCUT2D eigenvalue weighted by Gasteiger charge is 2.04. The van der Waals surface area contributed by atoms with Crippen molar-refractivity contribution in [2.45, 2.75) is 6.92 Å². The molecule has 0 aliphatic heterocycles. The molecule has 1 aromatic rings. The molecule has 0 radical (unpaired) electrons. The van der Waals surface area contributed by atoms with E-state index in [1.54, 1.807) is 18.2 Å². The Kier molecular flexibility index (Phi) is 5.19. The van der Waals surface area contributed by atoms with Gasteiger partial charge in [-0.1, -0.05) is 47.1 Å². The van der Waals surface area contributed by atoms with Crippen LogP contribution in [-0.2, 0) is 4.79 Å². The average molecular weight is 277 g/mol. The Morgan fingerprint density at radius 1 is 1.50 bits per heavy atom. The van der Waals surface area contributed by atoms with E-state index in [9.17, 15) is 9.90 Å². The van der Waals surface area contributed by atoms with Crippen LogP contribution < -0.4 is 0 Å². The van der Waals surface area contributed by atoms with Crippen LogP contribution in [0.5, 0.6) is 5.75 Å². The predicted octanol–water partition coefficient (Wildman–Crippen LogP) is 3.99. The number of aromatic hydroxyl groups is 1. The lowest BCUT2D eigenvalue weighted by molar-refractivity contribution is -0.109. The second-order valence-electron chi connectivity index (χ2n) is 3.03. The van der Waals surface area contributed by atoms with E-state index in [1.807, 2.05) is 0 Å². The van der Waals surface area contributed by atoms with Gasteiger partial charge in [0.25, 0.3) is 0 Å². The van der Waals surface area contributed by atoms with Gasteiger partial charge in [-0.15, -0.1) is 0 Å². The minimum Gasteiger partial charge on any atom is -0.506 e. The monoisotopic (exact) mass is 276 g/mol. The van der Waals surface area contributed by atoms with Gasteiger partial charge in [-0.25, -0.2) is 0 Å². The zero-order chi connectivity index (χ0) is 12.1. The molecule has 86 valence electrons. The van der Waals surface area contributed by atoms with Gasteiger partial charge in [-0.05, 0) is 12.1 Å². The molecular weight excluding hydrogens is 267 g/mol. The molecule has 0 unspecified atom stereocenters. The maximum Gasteiger partial charge on any atom is 0.186 e. The fourth-order valence-corrected chi connectivity index (χ4v) is 1.99. The minimum atomic E-state index is -0.00450. The van der Waals surface area contributed by atoms with Gasteiger partial charge < -0.3 is 5.11 Å². The Balaban J connectivity index is 2.77. The molecule has 0 heterocycles. The van der Waals surface area contributed by atoms with Gasteiger partial charge in [-0.2, -0.15) is 0 Å². The first kappa shape index (κ1) is 13.4. The largest absolute Gasteiger partial charge is 0.506 e. The Bertz CT molecular complexity index is 430. The van der Waals surface area contributed by atoms with Gasteiger partial charge in [-0.3, -0.25) is 4.79 Å². The summed E-state index contributed by atoms with van der Waals surface area (Å²) in [6, 6.07) is 3.08. The molecule has 5 heteroatoms. The van der Waals surface area contributed by atoms with Gasteiger partial charge >= 0.3 is 0 Å². The number of hydrogen-bond donors (Lipinski definition) is 1. The van der Waals surface area contributed by atoms with Crippen molar-refractivity contribution in [3.8, 4) is 5.75 Å². The first-order chi connectivity index (χ1) is 7.50. The Hall–Kier alpha value is -0.640. The maximum atomic E-state index is 10.7. The molecule has 16 heavy (non-hydrogen) atoms. The lowest BCUT2D eigenvalue weighted by atomic mass is 10.2. The number of benzene rings is 1. The van der Waals surface area contributed by atoms with Gasteiger partial charge in [0.2, 0.25) is 0 Å². The van der Waals surface area contributed by atoms with Crippen LogP contribution in [-0.4, -0.2) is 16.0 Å². The Labute approximate surface area is 108 Å². The molecule has 0 aliphatic rings. The third kappa shape index (κ3) is 4.08. The summed E-state index contributed by atoms with van der Waals surface area (Å²) in [7, 11) is 0. The van der Waals surface area contributed by atoms with Crippen molar-refractivity contribution in [3.63, 3.8) is 0 Å². The summed E-state index contributed by atoms with van der Waals surface area (Å²) < 4.78 is 0. The Morgan fingerprint density at radius 2 is 2.19 bits per heavy atom. The second kappa shape index (κ2) is 6.18. The number of phenolic OH excluding ortho intramolecular Hbond substituents is 1. The molecule has 0 saturated heterocycles. The highest BCUT2D eigenvalue weighted by Crippen LogP contribution is 2.31. The summed E-state index contributed by atoms with van der Waals surface area (Å²) in [5, 5.41) is 10.3. The molecule has 0 amide bonds. The van der Waals surface area contributed by atoms with Crippen LogP contribution in [0, 0.1) is 0 Å². The maximum absolute atomic E-state index is 10.7. The number of thioether (sulfide) groups is 1.